The van der Waals surface area contributed by atoms with E-state index in [1.54, 1.807) is 0 Å². The van der Waals surface area contributed by atoms with Crippen molar-refractivity contribution in [2.75, 3.05) is 24.9 Å². The first-order valence-electron chi connectivity index (χ1n) is 12.3. The number of carbonyl (C=O) groups excluding carboxylic acids is 1. The van der Waals surface area contributed by atoms with Crippen LogP contribution in [0.2, 0.25) is 5.28 Å². The van der Waals surface area contributed by atoms with Gasteiger partial charge in [-0.15, -0.1) is 0 Å². The number of imidazole rings is 1. The van der Waals surface area contributed by atoms with Gasteiger partial charge in [-0.25, -0.2) is 9.78 Å². The van der Waals surface area contributed by atoms with E-state index in [2.05, 4.69) is 32.2 Å². The predicted octanol–water partition coefficient (Wildman–Crippen LogP) is 0.610. The number of rotatable bonds is 8. The first-order valence-corrected chi connectivity index (χ1v) is 16.3. The number of nitrogens with zero attached hydrogens (tertiary/aromatic N) is 5. The van der Waals surface area contributed by atoms with Crippen molar-refractivity contribution in [1.82, 2.24) is 24.4 Å². The fourth-order valence-corrected chi connectivity index (χ4v) is 8.19. The molecule has 3 aliphatic rings. The summed E-state index contributed by atoms with van der Waals surface area (Å²) in [6, 6.07) is 0.732. The van der Waals surface area contributed by atoms with E-state index >= 15 is 0 Å². The third kappa shape index (κ3) is 6.35. The summed E-state index contributed by atoms with van der Waals surface area (Å²) in [6.45, 7) is -0.762. The Labute approximate surface area is 232 Å². The number of hydrogen-bond acceptors (Lipinski definition) is 12. The van der Waals surface area contributed by atoms with Crippen LogP contribution >= 0.6 is 26.8 Å². The van der Waals surface area contributed by atoms with Gasteiger partial charge in [0.15, 0.2) is 29.1 Å². The normalized spacial score (nSPS) is 32.3. The molecule has 0 aliphatic carbocycles. The molecule has 0 radical (unpaired) electrons. The average Bonchev–Trinajstić information content (AvgIpc) is 3.42. The van der Waals surface area contributed by atoms with Crippen LogP contribution in [0.15, 0.2) is 6.33 Å². The molecular weight excluding hydrogens is 598 g/mol. The van der Waals surface area contributed by atoms with Crippen LogP contribution in [-0.2, 0) is 23.1 Å². The Hall–Kier alpha value is -1.75. The van der Waals surface area contributed by atoms with Gasteiger partial charge in [0, 0.05) is 24.9 Å². The number of amides is 1. The van der Waals surface area contributed by atoms with Crippen LogP contribution in [0.1, 0.15) is 31.9 Å². The van der Waals surface area contributed by atoms with Gasteiger partial charge in [-0.05, 0) is 31.5 Å². The zero-order valence-electron chi connectivity index (χ0n) is 21.1. The Bertz CT molecular complexity index is 1360. The molecular formula is C20H29ClN6O11P2. The molecule has 0 saturated carbocycles. The quantitative estimate of drug-likeness (QED) is 0.174. The number of aliphatic hydroxyl groups is 2. The third-order valence-corrected chi connectivity index (χ3v) is 11.0. The van der Waals surface area contributed by atoms with Crippen molar-refractivity contribution >= 4 is 49.9 Å². The third-order valence-electron chi connectivity index (χ3n) is 7.36. The van der Waals surface area contributed by atoms with Gasteiger partial charge < -0.3 is 43.8 Å². The largest absolute Gasteiger partial charge is 0.446 e. The maximum Gasteiger partial charge on any atom is 0.413 e. The van der Waals surface area contributed by atoms with Gasteiger partial charge in [0.2, 0.25) is 5.28 Å². The lowest BCUT2D eigenvalue weighted by Gasteiger charge is -2.35. The zero-order valence-corrected chi connectivity index (χ0v) is 23.6. The summed E-state index contributed by atoms with van der Waals surface area (Å²) in [7, 11) is -7.51. The molecule has 3 fully saturated rings. The number of halogens is 1. The highest BCUT2D eigenvalue weighted by Gasteiger charge is 2.46. The first-order chi connectivity index (χ1) is 18.7. The van der Waals surface area contributed by atoms with Crippen molar-refractivity contribution in [3.8, 4) is 0 Å². The molecule has 0 spiro atoms. The number of aromatic nitrogens is 4. The maximum absolute atomic E-state index is 12.7. The van der Waals surface area contributed by atoms with Crippen molar-refractivity contribution in [2.24, 2.45) is 0 Å². The minimum absolute atomic E-state index is 0.0276. The van der Waals surface area contributed by atoms with Gasteiger partial charge in [-0.3, -0.25) is 19.0 Å². The van der Waals surface area contributed by atoms with Crippen molar-refractivity contribution in [3.05, 3.63) is 11.6 Å². The highest BCUT2D eigenvalue weighted by atomic mass is 35.5. The molecule has 3 saturated heterocycles. The van der Waals surface area contributed by atoms with Crippen molar-refractivity contribution in [3.63, 3.8) is 0 Å². The number of fused-ring (bicyclic) bond motifs is 3. The molecule has 2 unspecified atom stereocenters. The summed E-state index contributed by atoms with van der Waals surface area (Å²) in [5.74, 6) is -1.48. The topological polar surface area (TPSA) is 239 Å². The van der Waals surface area contributed by atoms with E-state index in [1.807, 2.05) is 0 Å². The van der Waals surface area contributed by atoms with E-state index in [-0.39, 0.29) is 28.4 Å². The fraction of sp³-hybridized carbons (Fsp3) is 0.700. The lowest BCUT2D eigenvalue weighted by Crippen LogP contribution is -2.43. The van der Waals surface area contributed by atoms with Crippen LogP contribution in [0.3, 0.4) is 0 Å². The molecule has 0 aromatic carbocycles. The lowest BCUT2D eigenvalue weighted by molar-refractivity contribution is -0.0483. The second-order valence-corrected chi connectivity index (χ2v) is 14.5. The molecule has 1 amide bonds. The molecule has 5 heterocycles. The van der Waals surface area contributed by atoms with Gasteiger partial charge in [0.25, 0.3) is 0 Å². The number of anilines is 1. The Morgan fingerprint density at radius 1 is 1.18 bits per heavy atom. The molecule has 6 N–H and O–H groups in total. The SMILES string of the molecule is CN1[C@@H]2CC[C@H]1CC(OC(=O)Nc1nc(Cl)nc3c1ncn3[C@@H]1O[C@H](COP(=O)(O)CP(=O)(O)O)[C@H](O)[C@@H]1O)C2. The van der Waals surface area contributed by atoms with Gasteiger partial charge in [-0.1, -0.05) is 0 Å². The number of piperidine rings is 1. The van der Waals surface area contributed by atoms with E-state index < -0.39 is 58.3 Å². The monoisotopic (exact) mass is 626 g/mol. The smallest absolute Gasteiger partial charge is 0.413 e. The Kier molecular flexibility index (Phi) is 8.29. The van der Waals surface area contributed by atoms with Crippen molar-refractivity contribution < 1.29 is 52.8 Å². The van der Waals surface area contributed by atoms with Crippen LogP contribution in [0.5, 0.6) is 0 Å². The molecule has 40 heavy (non-hydrogen) atoms. The van der Waals surface area contributed by atoms with Crippen LogP contribution < -0.4 is 5.32 Å². The molecule has 2 aromatic rings. The first kappa shape index (κ1) is 29.7. The predicted molar refractivity (Wildman–Crippen MR) is 137 cm³/mol. The fourth-order valence-electron chi connectivity index (χ4n) is 5.46. The standard InChI is InChI=1S/C20H29ClN6O11P2/c1-26-9-2-3-10(26)5-11(4-9)37-20(30)24-16-13-17(25-19(21)23-16)27(7-22-13)18-15(29)14(28)12(38-18)6-36-40(34,35)8-39(31,32)33/h7,9-12,14-15,18,28-29H,2-6,8H2,1H3,(H,34,35)(H2,31,32,33)(H,23,24,25,30)/t9-,10+,11?,12-,14+,15+,18-/m1/s1. The summed E-state index contributed by atoms with van der Waals surface area (Å²) >= 11 is 6.09. The van der Waals surface area contributed by atoms with E-state index in [4.69, 9.17) is 35.4 Å². The van der Waals surface area contributed by atoms with Gasteiger partial charge in [0.05, 0.1) is 12.9 Å². The van der Waals surface area contributed by atoms with Crippen LogP contribution in [-0.4, -0.2) is 111 Å². The molecule has 2 aromatic heterocycles. The Morgan fingerprint density at radius 3 is 2.50 bits per heavy atom. The Morgan fingerprint density at radius 2 is 1.85 bits per heavy atom. The second-order valence-electron chi connectivity index (χ2n) is 10.1. The molecule has 5 rings (SSSR count). The molecule has 222 valence electrons. The average molecular weight is 627 g/mol. The summed E-state index contributed by atoms with van der Waals surface area (Å²) in [5.41, 5.74) is 0.107. The number of hydrogen-bond donors (Lipinski definition) is 6. The number of aliphatic hydroxyl groups excluding tert-OH is 2. The van der Waals surface area contributed by atoms with Crippen molar-refractivity contribution in [2.45, 2.75) is 68.4 Å². The molecule has 17 nitrogen and oxygen atoms in total. The van der Waals surface area contributed by atoms with E-state index in [0.29, 0.717) is 12.1 Å². The molecule has 3 aliphatic heterocycles. The number of nitrogens with one attached hydrogen (secondary N) is 1. The van der Waals surface area contributed by atoms with Crippen LogP contribution in [0.25, 0.3) is 11.2 Å². The number of carbonyl (C=O) groups is 1. The minimum atomic E-state index is -4.86. The summed E-state index contributed by atoms with van der Waals surface area (Å²) < 4.78 is 40.2. The summed E-state index contributed by atoms with van der Waals surface area (Å²) in [6.07, 6.45) is -2.11. The molecule has 8 atom stereocenters. The van der Waals surface area contributed by atoms with E-state index in [9.17, 15) is 29.0 Å². The molecule has 2 bridgehead atoms. The lowest BCUT2D eigenvalue weighted by atomic mass is 10.0. The molecule has 20 heteroatoms. The van der Waals surface area contributed by atoms with E-state index in [0.717, 1.165) is 25.7 Å². The maximum atomic E-state index is 12.7. The number of ether oxygens (including phenoxy) is 2. The van der Waals surface area contributed by atoms with Gasteiger partial charge >= 0.3 is 21.3 Å². The highest BCUT2D eigenvalue weighted by molar-refractivity contribution is 7.70. The van der Waals surface area contributed by atoms with Crippen molar-refractivity contribution in [1.29, 1.82) is 0 Å². The summed E-state index contributed by atoms with van der Waals surface area (Å²) in [5, 5.41) is 23.3. The Balaban J connectivity index is 1.28. The highest BCUT2D eigenvalue weighted by Crippen LogP contribution is 2.55. The minimum Gasteiger partial charge on any atom is -0.446 e. The zero-order chi connectivity index (χ0) is 29.0. The van der Waals surface area contributed by atoms with Gasteiger partial charge in [-0.2, -0.15) is 9.97 Å². The van der Waals surface area contributed by atoms with E-state index in [1.165, 1.54) is 10.9 Å². The van der Waals surface area contributed by atoms with Crippen LogP contribution in [0.4, 0.5) is 10.6 Å². The van der Waals surface area contributed by atoms with Crippen LogP contribution in [0, 0.1) is 0 Å². The summed E-state index contributed by atoms with van der Waals surface area (Å²) in [4.78, 5) is 54.9. The van der Waals surface area contributed by atoms with Gasteiger partial charge in [0.1, 0.15) is 24.4 Å². The second kappa shape index (κ2) is 11.2.